The lowest BCUT2D eigenvalue weighted by molar-refractivity contribution is -0.109. The predicted molar refractivity (Wildman–Crippen MR) is 77.6 cm³/mol. The number of hydrogen-bond donors (Lipinski definition) is 2. The summed E-state index contributed by atoms with van der Waals surface area (Å²) in [4.78, 5) is 14.2. The quantitative estimate of drug-likeness (QED) is 0.770. The summed E-state index contributed by atoms with van der Waals surface area (Å²) < 4.78 is 5.52. The Hall–Kier alpha value is -0.810. The minimum absolute atomic E-state index is 0.0704. The molecule has 2 saturated heterocycles. The molecule has 2 aliphatic rings. The van der Waals surface area contributed by atoms with Crippen LogP contribution in [-0.4, -0.2) is 53.0 Å². The van der Waals surface area contributed by atoms with Crippen LogP contribution < -0.4 is 5.32 Å². The van der Waals surface area contributed by atoms with Crippen LogP contribution in [-0.2, 0) is 4.74 Å². The van der Waals surface area contributed by atoms with Crippen molar-refractivity contribution in [2.45, 2.75) is 64.7 Å². The van der Waals surface area contributed by atoms with Crippen LogP contribution in [0.1, 0.15) is 47.5 Å². The first-order valence-corrected chi connectivity index (χ1v) is 7.45. The molecule has 2 rings (SSSR count). The van der Waals surface area contributed by atoms with E-state index in [0.717, 1.165) is 12.8 Å². The lowest BCUT2D eigenvalue weighted by Crippen LogP contribution is -2.72. The van der Waals surface area contributed by atoms with Crippen molar-refractivity contribution in [1.82, 2.24) is 10.2 Å². The third-order valence-corrected chi connectivity index (χ3v) is 4.18. The molecule has 2 fully saturated rings. The Balaban J connectivity index is 2.16. The molecule has 0 aliphatic carbocycles. The molecule has 0 bridgehead atoms. The average molecular weight is 284 g/mol. The van der Waals surface area contributed by atoms with E-state index in [1.165, 1.54) is 0 Å². The van der Waals surface area contributed by atoms with Crippen molar-refractivity contribution in [3.05, 3.63) is 0 Å². The van der Waals surface area contributed by atoms with Crippen molar-refractivity contribution in [2.75, 3.05) is 19.6 Å². The predicted octanol–water partition coefficient (Wildman–Crippen LogP) is 1.75. The van der Waals surface area contributed by atoms with Gasteiger partial charge in [-0.25, -0.2) is 4.79 Å². The van der Waals surface area contributed by atoms with Gasteiger partial charge < -0.3 is 20.1 Å². The average Bonchev–Trinajstić information content (AvgIpc) is 2.22. The van der Waals surface area contributed by atoms with E-state index in [4.69, 9.17) is 4.74 Å². The molecule has 0 radical (unpaired) electrons. The molecule has 0 aromatic rings. The van der Waals surface area contributed by atoms with E-state index in [2.05, 4.69) is 19.2 Å². The minimum Gasteiger partial charge on any atom is -0.444 e. The summed E-state index contributed by atoms with van der Waals surface area (Å²) in [6, 6.07) is -0.147. The summed E-state index contributed by atoms with van der Waals surface area (Å²) >= 11 is 0. The molecule has 0 aromatic heterocycles. The van der Waals surface area contributed by atoms with Crippen LogP contribution in [0.15, 0.2) is 0 Å². The third kappa shape index (κ3) is 3.26. The fourth-order valence-electron chi connectivity index (χ4n) is 3.02. The van der Waals surface area contributed by atoms with Crippen LogP contribution in [0.3, 0.4) is 0 Å². The van der Waals surface area contributed by atoms with E-state index in [-0.39, 0.29) is 17.6 Å². The minimum atomic E-state index is -0.798. The Morgan fingerprint density at radius 3 is 2.40 bits per heavy atom. The Kier molecular flexibility index (Phi) is 3.80. The molecule has 0 spiro atoms. The maximum Gasteiger partial charge on any atom is 0.410 e. The molecular weight excluding hydrogens is 256 g/mol. The SMILES string of the molecule is CC1(C)CCC(C2(O)CNC2)N(C(=O)OC(C)(C)C)C1. The molecule has 1 atom stereocenters. The van der Waals surface area contributed by atoms with Gasteiger partial charge in [-0.05, 0) is 39.0 Å². The number of amides is 1. The lowest BCUT2D eigenvalue weighted by Gasteiger charge is -2.53. The molecule has 1 unspecified atom stereocenters. The molecule has 2 N–H and O–H groups in total. The van der Waals surface area contributed by atoms with Gasteiger partial charge in [0.25, 0.3) is 0 Å². The van der Waals surface area contributed by atoms with Gasteiger partial charge in [-0.15, -0.1) is 0 Å². The van der Waals surface area contributed by atoms with Crippen LogP contribution >= 0.6 is 0 Å². The maximum absolute atomic E-state index is 12.5. The summed E-state index contributed by atoms with van der Waals surface area (Å²) in [6.45, 7) is 11.7. The van der Waals surface area contributed by atoms with E-state index in [1.54, 1.807) is 4.90 Å². The number of carbonyl (C=O) groups is 1. The molecule has 116 valence electrons. The van der Waals surface area contributed by atoms with Gasteiger partial charge in [0, 0.05) is 19.6 Å². The largest absolute Gasteiger partial charge is 0.444 e. The number of nitrogens with one attached hydrogen (secondary N) is 1. The van der Waals surface area contributed by atoms with Gasteiger partial charge in [-0.2, -0.15) is 0 Å². The highest BCUT2D eigenvalue weighted by Gasteiger charge is 2.50. The molecule has 0 saturated carbocycles. The fraction of sp³-hybridized carbons (Fsp3) is 0.933. The normalized spacial score (nSPS) is 28.7. The zero-order valence-electron chi connectivity index (χ0n) is 13.3. The van der Waals surface area contributed by atoms with Crippen LogP contribution in [0.25, 0.3) is 0 Å². The second-order valence-electron chi connectivity index (χ2n) is 8.03. The lowest BCUT2D eigenvalue weighted by atomic mass is 9.75. The summed E-state index contributed by atoms with van der Waals surface area (Å²) in [5.74, 6) is 0. The number of aliphatic hydroxyl groups is 1. The molecule has 2 heterocycles. The summed E-state index contributed by atoms with van der Waals surface area (Å²) in [7, 11) is 0. The van der Waals surface area contributed by atoms with E-state index >= 15 is 0 Å². The van der Waals surface area contributed by atoms with Crippen molar-refractivity contribution in [3.8, 4) is 0 Å². The second-order valence-corrected chi connectivity index (χ2v) is 8.03. The fourth-order valence-corrected chi connectivity index (χ4v) is 3.02. The number of rotatable bonds is 1. The van der Waals surface area contributed by atoms with Gasteiger partial charge in [0.05, 0.1) is 6.04 Å². The Morgan fingerprint density at radius 2 is 1.95 bits per heavy atom. The molecular formula is C15H28N2O3. The molecule has 2 aliphatic heterocycles. The van der Waals surface area contributed by atoms with Crippen LogP contribution in [0, 0.1) is 5.41 Å². The van der Waals surface area contributed by atoms with Crippen LogP contribution in [0.4, 0.5) is 4.79 Å². The number of hydrogen-bond acceptors (Lipinski definition) is 4. The van der Waals surface area contributed by atoms with Crippen molar-refractivity contribution >= 4 is 6.09 Å². The van der Waals surface area contributed by atoms with Crippen molar-refractivity contribution in [2.24, 2.45) is 5.41 Å². The number of β-amino-alcohol motifs (C(OH)–C–C–N with tert-alkyl or cyclic N) is 1. The topological polar surface area (TPSA) is 61.8 Å². The molecule has 0 aromatic carbocycles. The number of carbonyl (C=O) groups excluding carboxylic acids is 1. The molecule has 5 heteroatoms. The maximum atomic E-state index is 12.5. The molecule has 1 amide bonds. The smallest absolute Gasteiger partial charge is 0.410 e. The number of likely N-dealkylation sites (tertiary alicyclic amines) is 1. The Morgan fingerprint density at radius 1 is 1.35 bits per heavy atom. The second kappa shape index (κ2) is 4.88. The summed E-state index contributed by atoms with van der Waals surface area (Å²) in [5.41, 5.74) is -1.24. The highest BCUT2D eigenvalue weighted by atomic mass is 16.6. The number of nitrogens with zero attached hydrogens (tertiary/aromatic N) is 1. The first kappa shape index (κ1) is 15.6. The Labute approximate surface area is 121 Å². The van der Waals surface area contributed by atoms with Crippen molar-refractivity contribution in [1.29, 1.82) is 0 Å². The highest BCUT2D eigenvalue weighted by Crippen LogP contribution is 2.37. The summed E-state index contributed by atoms with van der Waals surface area (Å²) in [6.07, 6.45) is 1.53. The van der Waals surface area contributed by atoms with E-state index < -0.39 is 11.2 Å². The summed E-state index contributed by atoms with van der Waals surface area (Å²) in [5, 5.41) is 13.7. The van der Waals surface area contributed by atoms with Gasteiger partial charge in [0.1, 0.15) is 11.2 Å². The van der Waals surface area contributed by atoms with Gasteiger partial charge >= 0.3 is 6.09 Å². The molecule has 5 nitrogen and oxygen atoms in total. The molecule has 20 heavy (non-hydrogen) atoms. The van der Waals surface area contributed by atoms with E-state index in [1.807, 2.05) is 20.8 Å². The first-order chi connectivity index (χ1) is 9.03. The van der Waals surface area contributed by atoms with Crippen molar-refractivity contribution < 1.29 is 14.6 Å². The van der Waals surface area contributed by atoms with Gasteiger partial charge in [0.2, 0.25) is 0 Å². The zero-order valence-corrected chi connectivity index (χ0v) is 13.3. The number of ether oxygens (including phenoxy) is 1. The van der Waals surface area contributed by atoms with Crippen LogP contribution in [0.2, 0.25) is 0 Å². The van der Waals surface area contributed by atoms with Gasteiger partial charge in [-0.3, -0.25) is 0 Å². The van der Waals surface area contributed by atoms with Crippen LogP contribution in [0.5, 0.6) is 0 Å². The standard InChI is InChI=1S/C15H28N2O3/c1-13(2,3)20-12(18)17-10-14(4,5)7-6-11(17)15(19)8-16-9-15/h11,16,19H,6-10H2,1-5H3. The highest BCUT2D eigenvalue weighted by molar-refractivity contribution is 5.69. The monoisotopic (exact) mass is 284 g/mol. The number of piperidine rings is 1. The van der Waals surface area contributed by atoms with E-state index in [9.17, 15) is 9.90 Å². The Bertz CT molecular complexity index is 383. The van der Waals surface area contributed by atoms with E-state index in [0.29, 0.717) is 19.6 Å². The van der Waals surface area contributed by atoms with Gasteiger partial charge in [0.15, 0.2) is 0 Å². The third-order valence-electron chi connectivity index (χ3n) is 4.18. The van der Waals surface area contributed by atoms with Gasteiger partial charge in [-0.1, -0.05) is 13.8 Å². The first-order valence-electron chi connectivity index (χ1n) is 7.45. The van der Waals surface area contributed by atoms with Crippen molar-refractivity contribution in [3.63, 3.8) is 0 Å². The zero-order chi connectivity index (χ0) is 15.2.